The summed E-state index contributed by atoms with van der Waals surface area (Å²) in [5, 5.41) is 26.5. The number of benzene rings is 4. The lowest BCUT2D eigenvalue weighted by molar-refractivity contribution is -0.139. The number of carboxylic acids is 1. The molecule has 5 aromatic rings. The molecule has 0 aliphatic rings. The fourth-order valence-corrected chi connectivity index (χ4v) is 5.60. The molecule has 0 unspecified atom stereocenters. The number of aliphatic carboxylic acids is 1. The standard InChI is InChI=1S/C38H37N3O7/c1-24-18-19-41(22-26-12-16-30(48-2)17-13-26)37(45)35(24)40-36(44)33(20-25-10-14-28(15-11-25)32(23-42)38(46)47)39-34(43)21-29-8-5-7-27-6-3-4-9-31(27)29/h3-19,32-33,42H,20-23H2,1-2H3,(H,39,43)(H,40,44)(H,46,47)/t32-,33+/m1/s1. The highest BCUT2D eigenvalue weighted by Gasteiger charge is 2.25. The largest absolute Gasteiger partial charge is 0.497 e. The molecule has 0 aliphatic heterocycles. The lowest BCUT2D eigenvalue weighted by Crippen LogP contribution is -2.46. The predicted molar refractivity (Wildman–Crippen MR) is 183 cm³/mol. The topological polar surface area (TPSA) is 147 Å². The zero-order valence-corrected chi connectivity index (χ0v) is 26.7. The second-order valence-corrected chi connectivity index (χ2v) is 11.6. The van der Waals surface area contributed by atoms with E-state index in [2.05, 4.69) is 10.6 Å². The number of hydrogen-bond donors (Lipinski definition) is 4. The molecule has 0 saturated carbocycles. The number of aryl methyl sites for hydroxylation is 1. The van der Waals surface area contributed by atoms with Gasteiger partial charge in [0.25, 0.3) is 5.56 Å². The van der Waals surface area contributed by atoms with E-state index >= 15 is 0 Å². The van der Waals surface area contributed by atoms with Crippen LogP contribution in [0.1, 0.15) is 33.7 Å². The van der Waals surface area contributed by atoms with Crippen molar-refractivity contribution >= 4 is 34.2 Å². The van der Waals surface area contributed by atoms with Gasteiger partial charge >= 0.3 is 5.97 Å². The summed E-state index contributed by atoms with van der Waals surface area (Å²) in [5.41, 5.74) is 3.00. The number of pyridine rings is 1. The molecule has 4 aromatic carbocycles. The number of anilines is 1. The zero-order valence-electron chi connectivity index (χ0n) is 26.7. The van der Waals surface area contributed by atoms with Crippen molar-refractivity contribution in [3.63, 3.8) is 0 Å². The van der Waals surface area contributed by atoms with Gasteiger partial charge in [-0.3, -0.25) is 19.2 Å². The molecule has 1 heterocycles. The number of nitrogens with one attached hydrogen (secondary N) is 2. The third-order valence-corrected chi connectivity index (χ3v) is 8.32. The van der Waals surface area contributed by atoms with E-state index in [0.29, 0.717) is 22.4 Å². The van der Waals surface area contributed by atoms with Crippen LogP contribution in [0, 0.1) is 6.92 Å². The number of rotatable bonds is 13. The van der Waals surface area contributed by atoms with Crippen LogP contribution in [-0.4, -0.2) is 52.3 Å². The average Bonchev–Trinajstić information content (AvgIpc) is 3.09. The minimum Gasteiger partial charge on any atom is -0.497 e. The van der Waals surface area contributed by atoms with Gasteiger partial charge in [-0.15, -0.1) is 0 Å². The Morgan fingerprint density at radius 1 is 0.875 bits per heavy atom. The average molecular weight is 648 g/mol. The number of carbonyl (C=O) groups is 3. The molecule has 246 valence electrons. The summed E-state index contributed by atoms with van der Waals surface area (Å²) in [4.78, 5) is 52.4. The van der Waals surface area contributed by atoms with Crippen LogP contribution in [-0.2, 0) is 33.8 Å². The Morgan fingerprint density at radius 3 is 2.25 bits per heavy atom. The third kappa shape index (κ3) is 7.97. The Balaban J connectivity index is 1.40. The number of hydrogen-bond acceptors (Lipinski definition) is 6. The molecule has 0 spiro atoms. The maximum Gasteiger partial charge on any atom is 0.313 e. The highest BCUT2D eigenvalue weighted by Crippen LogP contribution is 2.21. The minimum absolute atomic E-state index is 0.0277. The Labute approximate surface area is 277 Å². The summed E-state index contributed by atoms with van der Waals surface area (Å²) < 4.78 is 6.71. The van der Waals surface area contributed by atoms with Crippen molar-refractivity contribution in [3.05, 3.63) is 141 Å². The third-order valence-electron chi connectivity index (χ3n) is 8.32. The SMILES string of the molecule is COc1ccc(Cn2ccc(C)c(NC(=O)[C@H](Cc3ccc([C@@H](CO)C(=O)O)cc3)NC(=O)Cc3cccc4ccccc34)c2=O)cc1. The number of nitrogens with zero attached hydrogens (tertiary/aromatic N) is 1. The highest BCUT2D eigenvalue weighted by molar-refractivity contribution is 5.98. The van der Waals surface area contributed by atoms with Crippen LogP contribution in [0.4, 0.5) is 5.69 Å². The summed E-state index contributed by atoms with van der Waals surface area (Å²) in [6.45, 7) is 1.44. The van der Waals surface area contributed by atoms with Crippen molar-refractivity contribution in [1.82, 2.24) is 9.88 Å². The van der Waals surface area contributed by atoms with Gasteiger partial charge in [-0.05, 0) is 63.7 Å². The number of amides is 2. The minimum atomic E-state index is -1.15. The van der Waals surface area contributed by atoms with E-state index < -0.39 is 36.0 Å². The number of methoxy groups -OCH3 is 1. The van der Waals surface area contributed by atoms with Crippen LogP contribution in [0.5, 0.6) is 5.75 Å². The second kappa shape index (κ2) is 15.2. The normalized spacial score (nSPS) is 12.2. The van der Waals surface area contributed by atoms with Crippen LogP contribution >= 0.6 is 0 Å². The number of ether oxygens (including phenoxy) is 1. The molecule has 2 amide bonds. The monoisotopic (exact) mass is 647 g/mol. The number of aliphatic hydroxyl groups is 1. The summed E-state index contributed by atoms with van der Waals surface area (Å²) in [5.74, 6) is -2.50. The maximum atomic E-state index is 13.9. The first-order valence-electron chi connectivity index (χ1n) is 15.5. The summed E-state index contributed by atoms with van der Waals surface area (Å²) in [7, 11) is 1.58. The van der Waals surface area contributed by atoms with Crippen molar-refractivity contribution in [2.45, 2.75) is 38.3 Å². The molecule has 0 saturated heterocycles. The molecule has 0 fully saturated rings. The first-order chi connectivity index (χ1) is 23.2. The molecule has 10 nitrogen and oxygen atoms in total. The van der Waals surface area contributed by atoms with E-state index in [1.807, 2.05) is 54.6 Å². The van der Waals surface area contributed by atoms with Gasteiger partial charge in [0.05, 0.1) is 26.7 Å². The molecule has 0 radical (unpaired) electrons. The van der Waals surface area contributed by atoms with Gasteiger partial charge in [-0.1, -0.05) is 78.9 Å². The van der Waals surface area contributed by atoms with Crippen LogP contribution < -0.4 is 20.9 Å². The number of aliphatic hydroxyl groups excluding tert-OH is 1. The van der Waals surface area contributed by atoms with Crippen molar-refractivity contribution in [2.75, 3.05) is 19.0 Å². The fourth-order valence-electron chi connectivity index (χ4n) is 5.60. The van der Waals surface area contributed by atoms with Crippen LogP contribution in [0.15, 0.2) is 108 Å². The molecule has 1 aromatic heterocycles. The Bertz CT molecular complexity index is 1980. The lowest BCUT2D eigenvalue weighted by Gasteiger charge is -2.20. The molecular formula is C38H37N3O7. The molecular weight excluding hydrogens is 610 g/mol. The van der Waals surface area contributed by atoms with Crippen molar-refractivity contribution in [3.8, 4) is 5.75 Å². The quantitative estimate of drug-likeness (QED) is 0.148. The van der Waals surface area contributed by atoms with E-state index in [1.165, 1.54) is 4.57 Å². The molecule has 48 heavy (non-hydrogen) atoms. The molecule has 4 N–H and O–H groups in total. The van der Waals surface area contributed by atoms with E-state index in [4.69, 9.17) is 4.74 Å². The van der Waals surface area contributed by atoms with Crippen LogP contribution in [0.2, 0.25) is 0 Å². The van der Waals surface area contributed by atoms with E-state index in [-0.39, 0.29) is 31.0 Å². The van der Waals surface area contributed by atoms with Crippen LogP contribution in [0.25, 0.3) is 10.8 Å². The Morgan fingerprint density at radius 2 is 1.56 bits per heavy atom. The van der Waals surface area contributed by atoms with Gasteiger partial charge in [-0.25, -0.2) is 0 Å². The number of carboxylic acid groups (broad SMARTS) is 1. The van der Waals surface area contributed by atoms with Gasteiger partial charge in [0.15, 0.2) is 0 Å². The summed E-state index contributed by atoms with van der Waals surface area (Å²) in [6, 6.07) is 27.9. The lowest BCUT2D eigenvalue weighted by atomic mass is 9.96. The van der Waals surface area contributed by atoms with Gasteiger partial charge < -0.3 is 30.2 Å². The van der Waals surface area contributed by atoms with Gasteiger partial charge in [0.1, 0.15) is 23.4 Å². The molecule has 5 rings (SSSR count). The fraction of sp³-hybridized carbons (Fsp3) is 0.211. The van der Waals surface area contributed by atoms with Gasteiger partial charge in [-0.2, -0.15) is 0 Å². The van der Waals surface area contributed by atoms with E-state index in [1.54, 1.807) is 62.7 Å². The van der Waals surface area contributed by atoms with Crippen molar-refractivity contribution < 1.29 is 29.3 Å². The van der Waals surface area contributed by atoms with Crippen molar-refractivity contribution in [1.29, 1.82) is 0 Å². The van der Waals surface area contributed by atoms with Gasteiger partial charge in [0, 0.05) is 12.6 Å². The summed E-state index contributed by atoms with van der Waals surface area (Å²) >= 11 is 0. The second-order valence-electron chi connectivity index (χ2n) is 11.6. The first-order valence-corrected chi connectivity index (χ1v) is 15.5. The molecule has 0 aliphatic carbocycles. The number of carbonyl (C=O) groups excluding carboxylic acids is 2. The summed E-state index contributed by atoms with van der Waals surface area (Å²) in [6.07, 6.45) is 1.76. The van der Waals surface area contributed by atoms with Crippen LogP contribution in [0.3, 0.4) is 0 Å². The Hall–Kier alpha value is -5.74. The first kappa shape index (κ1) is 33.6. The van der Waals surface area contributed by atoms with Crippen molar-refractivity contribution in [2.24, 2.45) is 0 Å². The number of aromatic nitrogens is 1. The molecule has 10 heteroatoms. The van der Waals surface area contributed by atoms with E-state index in [0.717, 1.165) is 21.9 Å². The van der Waals surface area contributed by atoms with E-state index in [9.17, 15) is 29.4 Å². The smallest absolute Gasteiger partial charge is 0.313 e. The Kier molecular flexibility index (Phi) is 10.7. The molecule has 2 atom stereocenters. The predicted octanol–water partition coefficient (Wildman–Crippen LogP) is 4.44. The maximum absolute atomic E-state index is 13.9. The molecule has 0 bridgehead atoms. The zero-order chi connectivity index (χ0) is 34.2. The number of fused-ring (bicyclic) bond motifs is 1. The highest BCUT2D eigenvalue weighted by atomic mass is 16.5. The van der Waals surface area contributed by atoms with Gasteiger partial charge in [0.2, 0.25) is 11.8 Å².